The highest BCUT2D eigenvalue weighted by Crippen LogP contribution is 2.42. The summed E-state index contributed by atoms with van der Waals surface area (Å²) in [6.45, 7) is 4.79. The first-order chi connectivity index (χ1) is 14.4. The van der Waals surface area contributed by atoms with Gasteiger partial charge in [-0.1, -0.05) is 12.1 Å². The van der Waals surface area contributed by atoms with Crippen LogP contribution >= 0.6 is 0 Å². The maximum atomic E-state index is 12.7. The van der Waals surface area contributed by atoms with Gasteiger partial charge in [-0.05, 0) is 26.0 Å². The number of phenols is 1. The molecule has 8 heteroatoms. The Bertz CT molecular complexity index is 1130. The Balaban J connectivity index is 2.05. The Labute approximate surface area is 173 Å². The minimum absolute atomic E-state index is 0.0134. The van der Waals surface area contributed by atoms with E-state index in [1.54, 1.807) is 29.2 Å². The van der Waals surface area contributed by atoms with Gasteiger partial charge in [0.05, 0.1) is 14.2 Å². The Morgan fingerprint density at radius 3 is 2.47 bits per heavy atom. The molecular weight excluding hydrogens is 390 g/mol. The molecule has 3 aromatic rings. The van der Waals surface area contributed by atoms with Gasteiger partial charge in [0.1, 0.15) is 22.5 Å². The maximum absolute atomic E-state index is 12.7. The Kier molecular flexibility index (Phi) is 6.15. The molecule has 0 aliphatic carbocycles. The predicted octanol–water partition coefficient (Wildman–Crippen LogP) is 4.02. The van der Waals surface area contributed by atoms with Gasteiger partial charge in [-0.2, -0.15) is 0 Å². The van der Waals surface area contributed by atoms with Gasteiger partial charge in [0.15, 0.2) is 16.9 Å². The molecule has 0 aliphatic heterocycles. The van der Waals surface area contributed by atoms with E-state index in [0.717, 1.165) is 0 Å². The van der Waals surface area contributed by atoms with Gasteiger partial charge in [0, 0.05) is 30.8 Å². The van der Waals surface area contributed by atoms with Crippen LogP contribution in [0.1, 0.15) is 13.8 Å². The third-order valence-corrected chi connectivity index (χ3v) is 4.68. The second-order valence-corrected chi connectivity index (χ2v) is 6.38. The molecule has 0 saturated heterocycles. The summed E-state index contributed by atoms with van der Waals surface area (Å²) in [5, 5.41) is 10.4. The molecule has 0 atom stereocenters. The predicted molar refractivity (Wildman–Crippen MR) is 112 cm³/mol. The van der Waals surface area contributed by atoms with Crippen LogP contribution < -0.4 is 19.6 Å². The second kappa shape index (κ2) is 8.77. The van der Waals surface area contributed by atoms with Crippen molar-refractivity contribution < 1.29 is 28.5 Å². The molecule has 1 amide bonds. The van der Waals surface area contributed by atoms with Crippen molar-refractivity contribution >= 4 is 17.1 Å². The van der Waals surface area contributed by atoms with Crippen LogP contribution in [0.25, 0.3) is 22.3 Å². The van der Waals surface area contributed by atoms with E-state index in [2.05, 4.69) is 0 Å². The number of fused-ring (bicyclic) bond motifs is 1. The molecule has 8 nitrogen and oxygen atoms in total. The lowest BCUT2D eigenvalue weighted by molar-refractivity contribution is 0.157. The number of methoxy groups -OCH3 is 2. The third kappa shape index (κ3) is 3.89. The summed E-state index contributed by atoms with van der Waals surface area (Å²) in [5.41, 5.74) is 0.224. The minimum Gasteiger partial charge on any atom is -0.504 e. The van der Waals surface area contributed by atoms with E-state index < -0.39 is 11.5 Å². The van der Waals surface area contributed by atoms with Crippen LogP contribution in [-0.2, 0) is 0 Å². The van der Waals surface area contributed by atoms with Crippen LogP contribution in [0.4, 0.5) is 4.79 Å². The van der Waals surface area contributed by atoms with E-state index in [1.165, 1.54) is 26.4 Å². The fourth-order valence-electron chi connectivity index (χ4n) is 3.11. The van der Waals surface area contributed by atoms with Crippen molar-refractivity contribution in [2.24, 2.45) is 0 Å². The highest BCUT2D eigenvalue weighted by Gasteiger charge is 2.20. The monoisotopic (exact) mass is 413 g/mol. The number of nitrogens with zero attached hydrogens (tertiary/aromatic N) is 1. The number of phenolic OH excluding ortho intramolecular Hbond substituents is 1. The van der Waals surface area contributed by atoms with Crippen molar-refractivity contribution in [3.8, 4) is 34.3 Å². The average molecular weight is 413 g/mol. The number of ether oxygens (including phenoxy) is 3. The number of carbonyl (C=O) groups excluding carboxylic acids is 1. The van der Waals surface area contributed by atoms with Crippen molar-refractivity contribution in [1.29, 1.82) is 0 Å². The molecule has 0 bridgehead atoms. The number of hydrogen-bond donors (Lipinski definition) is 1. The van der Waals surface area contributed by atoms with Gasteiger partial charge in [0.2, 0.25) is 5.75 Å². The van der Waals surface area contributed by atoms with Crippen LogP contribution in [0.15, 0.2) is 45.6 Å². The maximum Gasteiger partial charge on any atom is 0.415 e. The van der Waals surface area contributed by atoms with E-state index in [0.29, 0.717) is 24.4 Å². The van der Waals surface area contributed by atoms with Crippen LogP contribution in [0.2, 0.25) is 0 Å². The summed E-state index contributed by atoms with van der Waals surface area (Å²) < 4.78 is 21.6. The largest absolute Gasteiger partial charge is 0.504 e. The fraction of sp³-hybridized carbons (Fsp3) is 0.273. The number of hydrogen-bond acceptors (Lipinski definition) is 7. The summed E-state index contributed by atoms with van der Waals surface area (Å²) >= 11 is 0. The zero-order valence-electron chi connectivity index (χ0n) is 17.2. The Hall–Kier alpha value is -3.68. The number of aromatic hydroxyl groups is 1. The average Bonchev–Trinajstić information content (AvgIpc) is 2.74. The smallest absolute Gasteiger partial charge is 0.415 e. The third-order valence-electron chi connectivity index (χ3n) is 4.68. The van der Waals surface area contributed by atoms with Crippen molar-refractivity contribution in [3.63, 3.8) is 0 Å². The zero-order chi connectivity index (χ0) is 21.8. The SMILES string of the molecule is CCN(CC)C(=O)Oc1cccc(-c2cc(=O)c3c(O)c(OC)c(OC)cc3o2)c1. The molecule has 30 heavy (non-hydrogen) atoms. The number of carbonyl (C=O) groups is 1. The molecule has 0 aliphatic rings. The molecule has 2 aromatic carbocycles. The zero-order valence-corrected chi connectivity index (χ0v) is 17.2. The molecule has 0 fully saturated rings. The summed E-state index contributed by atoms with van der Waals surface area (Å²) in [5.74, 6) is 0.497. The van der Waals surface area contributed by atoms with Gasteiger partial charge < -0.3 is 28.6 Å². The van der Waals surface area contributed by atoms with Crippen LogP contribution in [0.3, 0.4) is 0 Å². The first-order valence-corrected chi connectivity index (χ1v) is 9.42. The first-order valence-electron chi connectivity index (χ1n) is 9.42. The van der Waals surface area contributed by atoms with Gasteiger partial charge in [-0.3, -0.25) is 4.79 Å². The van der Waals surface area contributed by atoms with Crippen molar-refractivity contribution in [2.45, 2.75) is 13.8 Å². The first kappa shape index (κ1) is 21.0. The molecule has 158 valence electrons. The van der Waals surface area contributed by atoms with E-state index in [4.69, 9.17) is 18.6 Å². The number of amides is 1. The van der Waals surface area contributed by atoms with Gasteiger partial charge in [0.25, 0.3) is 0 Å². The molecule has 0 unspecified atom stereocenters. The molecule has 1 heterocycles. The molecule has 3 rings (SSSR count). The Morgan fingerprint density at radius 2 is 1.83 bits per heavy atom. The Morgan fingerprint density at radius 1 is 1.10 bits per heavy atom. The highest BCUT2D eigenvalue weighted by atomic mass is 16.6. The second-order valence-electron chi connectivity index (χ2n) is 6.38. The van der Waals surface area contributed by atoms with E-state index in [-0.39, 0.29) is 34.0 Å². The summed E-state index contributed by atoms with van der Waals surface area (Å²) in [6.07, 6.45) is -0.459. The van der Waals surface area contributed by atoms with E-state index in [9.17, 15) is 14.7 Å². The van der Waals surface area contributed by atoms with Crippen molar-refractivity contribution in [1.82, 2.24) is 4.90 Å². The minimum atomic E-state index is -0.459. The molecular formula is C22H23NO7. The van der Waals surface area contributed by atoms with Gasteiger partial charge in [-0.15, -0.1) is 0 Å². The molecule has 1 aromatic heterocycles. The normalized spacial score (nSPS) is 10.7. The number of rotatable bonds is 6. The molecule has 0 spiro atoms. The van der Waals surface area contributed by atoms with Crippen LogP contribution in [-0.4, -0.2) is 43.4 Å². The topological polar surface area (TPSA) is 98.4 Å². The van der Waals surface area contributed by atoms with Gasteiger partial charge >= 0.3 is 6.09 Å². The lowest BCUT2D eigenvalue weighted by Gasteiger charge is -2.18. The summed E-state index contributed by atoms with van der Waals surface area (Å²) in [7, 11) is 2.78. The van der Waals surface area contributed by atoms with Crippen LogP contribution in [0, 0.1) is 0 Å². The summed E-state index contributed by atoms with van der Waals surface area (Å²) in [4.78, 5) is 26.4. The number of benzene rings is 2. The van der Waals surface area contributed by atoms with E-state index in [1.807, 2.05) is 13.8 Å². The van der Waals surface area contributed by atoms with Crippen molar-refractivity contribution in [2.75, 3.05) is 27.3 Å². The fourth-order valence-corrected chi connectivity index (χ4v) is 3.11. The molecule has 0 radical (unpaired) electrons. The van der Waals surface area contributed by atoms with Crippen LogP contribution in [0.5, 0.6) is 23.0 Å². The quantitative estimate of drug-likeness (QED) is 0.651. The van der Waals surface area contributed by atoms with E-state index >= 15 is 0 Å². The highest BCUT2D eigenvalue weighted by molar-refractivity contribution is 5.89. The molecule has 0 saturated carbocycles. The lowest BCUT2D eigenvalue weighted by Crippen LogP contribution is -2.33. The summed E-state index contributed by atoms with van der Waals surface area (Å²) in [6, 6.07) is 9.40. The lowest BCUT2D eigenvalue weighted by atomic mass is 10.1. The van der Waals surface area contributed by atoms with Crippen molar-refractivity contribution in [3.05, 3.63) is 46.6 Å². The van der Waals surface area contributed by atoms with Gasteiger partial charge in [-0.25, -0.2) is 4.79 Å². The standard InChI is InChI=1S/C22H23NO7/c1-5-23(6-2)22(26)29-14-9-7-8-13(10-14)16-11-15(24)19-17(30-16)12-18(27-3)21(28-4)20(19)25/h7-12,25H,5-6H2,1-4H3. The molecule has 1 N–H and O–H groups in total.